The summed E-state index contributed by atoms with van der Waals surface area (Å²) in [5.41, 5.74) is 6.22. The van der Waals surface area contributed by atoms with Crippen LogP contribution in [0.15, 0.2) is 18.2 Å². The largest absolute Gasteiger partial charge is 0.379 e. The van der Waals surface area contributed by atoms with Crippen molar-refractivity contribution >= 4 is 35.4 Å². The van der Waals surface area contributed by atoms with Crippen molar-refractivity contribution in [3.8, 4) is 0 Å². The molecule has 1 aromatic carbocycles. The van der Waals surface area contributed by atoms with Crippen molar-refractivity contribution in [1.29, 1.82) is 0 Å². The van der Waals surface area contributed by atoms with Crippen LogP contribution in [-0.4, -0.2) is 78.8 Å². The van der Waals surface area contributed by atoms with E-state index in [4.69, 9.17) is 4.74 Å². The number of fused-ring (bicyclic) bond motifs is 2. The zero-order valence-electron chi connectivity index (χ0n) is 18.8. The lowest BCUT2D eigenvalue weighted by Gasteiger charge is -2.32. The lowest BCUT2D eigenvalue weighted by Crippen LogP contribution is -2.45. The third kappa shape index (κ3) is 4.12. The number of rotatable bonds is 6. The van der Waals surface area contributed by atoms with Crippen molar-refractivity contribution in [2.45, 2.75) is 19.8 Å². The Morgan fingerprint density at radius 2 is 1.94 bits per heavy atom. The van der Waals surface area contributed by atoms with E-state index >= 15 is 0 Å². The molecule has 3 aliphatic rings. The van der Waals surface area contributed by atoms with Gasteiger partial charge in [-0.3, -0.25) is 14.5 Å². The number of aldehydes is 1. The molecule has 0 radical (unpaired) electrons. The minimum absolute atomic E-state index is 0.0486. The molecule has 0 atom stereocenters. The minimum Gasteiger partial charge on any atom is -0.379 e. The number of aromatic amines is 1. The Morgan fingerprint density at radius 3 is 2.73 bits per heavy atom. The monoisotopic (exact) mass is 448 g/mol. The molecule has 0 aliphatic carbocycles. The van der Waals surface area contributed by atoms with Gasteiger partial charge < -0.3 is 24.7 Å². The number of carbonyl (C=O) groups excluding carboxylic acids is 3. The second kappa shape index (κ2) is 8.96. The van der Waals surface area contributed by atoms with E-state index in [1.807, 2.05) is 36.1 Å². The van der Waals surface area contributed by atoms with Gasteiger partial charge in [-0.05, 0) is 36.3 Å². The highest BCUT2D eigenvalue weighted by Crippen LogP contribution is 2.35. The molecule has 3 aliphatic heterocycles. The minimum atomic E-state index is -0.182. The second-order valence-electron chi connectivity index (χ2n) is 8.78. The summed E-state index contributed by atoms with van der Waals surface area (Å²) in [5.74, 6) is -0.133. The van der Waals surface area contributed by atoms with Gasteiger partial charge in [-0.15, -0.1) is 0 Å². The van der Waals surface area contributed by atoms with Crippen molar-refractivity contribution in [3.05, 3.63) is 51.8 Å². The Morgan fingerprint density at radius 1 is 1.12 bits per heavy atom. The summed E-state index contributed by atoms with van der Waals surface area (Å²) < 4.78 is 5.40. The number of hydrogen-bond donors (Lipinski definition) is 2. The zero-order chi connectivity index (χ0) is 22.9. The van der Waals surface area contributed by atoms with Crippen LogP contribution in [0.5, 0.6) is 0 Å². The summed E-state index contributed by atoms with van der Waals surface area (Å²) in [6.45, 7) is 7.49. The number of aromatic nitrogens is 1. The molecule has 4 heterocycles. The standard InChI is InChI=1S/C25H28N4O4/c1-16-22(15-19-18-14-17(5-11-30)2-3-20(18)27-24(19)31)26-21-4-6-29(25(32)23(16)21)8-7-28-9-12-33-13-10-28/h2-3,11,14-15,26H,4-10,12-13H2,1H3,(H,27,31)/b19-15-. The summed E-state index contributed by atoms with van der Waals surface area (Å²) in [5, 5.41) is 2.88. The van der Waals surface area contributed by atoms with E-state index in [1.165, 1.54) is 0 Å². The van der Waals surface area contributed by atoms with Gasteiger partial charge in [0.1, 0.15) is 6.29 Å². The molecule has 0 bridgehead atoms. The topological polar surface area (TPSA) is 94.7 Å². The van der Waals surface area contributed by atoms with Gasteiger partial charge in [0.25, 0.3) is 11.8 Å². The van der Waals surface area contributed by atoms with Crippen molar-refractivity contribution < 1.29 is 19.1 Å². The summed E-state index contributed by atoms with van der Waals surface area (Å²) >= 11 is 0. The van der Waals surface area contributed by atoms with E-state index in [2.05, 4.69) is 15.2 Å². The molecule has 1 saturated heterocycles. The summed E-state index contributed by atoms with van der Waals surface area (Å²) in [6.07, 6.45) is 3.75. The predicted molar refractivity (Wildman–Crippen MR) is 125 cm³/mol. The fourth-order valence-electron chi connectivity index (χ4n) is 4.85. The number of morpholine rings is 1. The van der Waals surface area contributed by atoms with Gasteiger partial charge in [0.2, 0.25) is 0 Å². The van der Waals surface area contributed by atoms with Crippen molar-refractivity contribution in [2.75, 3.05) is 51.3 Å². The highest BCUT2D eigenvalue weighted by atomic mass is 16.5. The maximum atomic E-state index is 13.3. The van der Waals surface area contributed by atoms with Crippen LogP contribution in [0.25, 0.3) is 11.6 Å². The van der Waals surface area contributed by atoms with E-state index in [1.54, 1.807) is 0 Å². The molecule has 8 heteroatoms. The van der Waals surface area contributed by atoms with E-state index in [0.29, 0.717) is 25.1 Å². The van der Waals surface area contributed by atoms with Crippen LogP contribution >= 0.6 is 0 Å². The van der Waals surface area contributed by atoms with Crippen molar-refractivity contribution in [1.82, 2.24) is 14.8 Å². The van der Waals surface area contributed by atoms with Crippen LogP contribution in [0.4, 0.5) is 5.69 Å². The van der Waals surface area contributed by atoms with E-state index in [-0.39, 0.29) is 11.8 Å². The van der Waals surface area contributed by atoms with Crippen molar-refractivity contribution in [2.24, 2.45) is 0 Å². The molecule has 5 rings (SSSR count). The average molecular weight is 449 g/mol. The molecular weight excluding hydrogens is 420 g/mol. The normalized spacial score (nSPS) is 19.5. The van der Waals surface area contributed by atoms with E-state index in [0.717, 1.165) is 84.9 Å². The van der Waals surface area contributed by atoms with Gasteiger partial charge >= 0.3 is 0 Å². The van der Waals surface area contributed by atoms with Gasteiger partial charge in [-0.1, -0.05) is 6.07 Å². The van der Waals surface area contributed by atoms with Gasteiger partial charge in [-0.2, -0.15) is 0 Å². The maximum Gasteiger partial charge on any atom is 0.256 e. The first-order chi connectivity index (χ1) is 16.0. The molecule has 8 nitrogen and oxygen atoms in total. The van der Waals surface area contributed by atoms with Gasteiger partial charge in [0.05, 0.1) is 24.4 Å². The number of hydrogen-bond acceptors (Lipinski definition) is 5. The highest BCUT2D eigenvalue weighted by Gasteiger charge is 2.30. The van der Waals surface area contributed by atoms with E-state index < -0.39 is 0 Å². The smallest absolute Gasteiger partial charge is 0.256 e. The first kappa shape index (κ1) is 21.6. The number of anilines is 1. The molecule has 2 amide bonds. The Hall–Kier alpha value is -3.23. The molecular formula is C25H28N4O4. The third-order valence-corrected chi connectivity index (χ3v) is 6.76. The van der Waals surface area contributed by atoms with Crippen LogP contribution in [-0.2, 0) is 27.2 Å². The quantitative estimate of drug-likeness (QED) is 0.520. The molecule has 0 saturated carbocycles. The first-order valence-electron chi connectivity index (χ1n) is 11.5. The molecule has 2 N–H and O–H groups in total. The van der Waals surface area contributed by atoms with Crippen molar-refractivity contribution in [3.63, 3.8) is 0 Å². The lowest BCUT2D eigenvalue weighted by atomic mass is 9.99. The van der Waals surface area contributed by atoms with Crippen LogP contribution in [0.3, 0.4) is 0 Å². The molecule has 33 heavy (non-hydrogen) atoms. The first-order valence-corrected chi connectivity index (χ1v) is 11.5. The number of carbonyl (C=O) groups is 3. The van der Waals surface area contributed by atoms with Gasteiger partial charge in [0.15, 0.2) is 0 Å². The predicted octanol–water partition coefficient (Wildman–Crippen LogP) is 1.89. The third-order valence-electron chi connectivity index (χ3n) is 6.76. The molecule has 0 spiro atoms. The molecule has 1 aromatic heterocycles. The molecule has 1 fully saturated rings. The average Bonchev–Trinajstić information content (AvgIpc) is 3.31. The number of ether oxygens (including phenoxy) is 1. The Kier molecular flexibility index (Phi) is 5.86. The summed E-state index contributed by atoms with van der Waals surface area (Å²) in [7, 11) is 0. The fourth-order valence-corrected chi connectivity index (χ4v) is 4.85. The summed E-state index contributed by atoms with van der Waals surface area (Å²) in [6, 6.07) is 5.55. The molecule has 0 unspecified atom stereocenters. The van der Waals surface area contributed by atoms with Crippen LogP contribution in [0.1, 0.15) is 38.4 Å². The number of benzene rings is 1. The number of H-pyrrole nitrogens is 1. The highest BCUT2D eigenvalue weighted by molar-refractivity contribution is 6.35. The maximum absolute atomic E-state index is 13.3. The summed E-state index contributed by atoms with van der Waals surface area (Å²) in [4.78, 5) is 44.5. The van der Waals surface area contributed by atoms with Gasteiger partial charge in [-0.25, -0.2) is 0 Å². The van der Waals surface area contributed by atoms with E-state index in [9.17, 15) is 14.4 Å². The lowest BCUT2D eigenvalue weighted by molar-refractivity contribution is -0.110. The second-order valence-corrected chi connectivity index (χ2v) is 8.78. The van der Waals surface area contributed by atoms with Gasteiger partial charge in [0, 0.05) is 68.2 Å². The number of nitrogens with one attached hydrogen (secondary N) is 2. The Balaban J connectivity index is 1.39. The van der Waals surface area contributed by atoms with Crippen LogP contribution in [0, 0.1) is 6.92 Å². The zero-order valence-corrected chi connectivity index (χ0v) is 18.8. The number of nitrogens with zero attached hydrogens (tertiary/aromatic N) is 2. The molecule has 2 aromatic rings. The van der Waals surface area contributed by atoms with Crippen LogP contribution in [0.2, 0.25) is 0 Å². The fraction of sp³-hybridized carbons (Fsp3) is 0.400. The molecule has 172 valence electrons. The SMILES string of the molecule is Cc1c(/C=C2\C(=O)Nc3ccc(CC=O)cc32)[nH]c2c1C(=O)N(CCN1CCOCC1)CC2. The number of amides is 2. The van der Waals surface area contributed by atoms with Crippen LogP contribution < -0.4 is 5.32 Å². The Labute approximate surface area is 192 Å². The Bertz CT molecular complexity index is 1140.